The van der Waals surface area contributed by atoms with E-state index in [1.54, 1.807) is 0 Å². The minimum atomic E-state index is 0. The number of allylic oxidation sites excluding steroid dienone is 4. The minimum absolute atomic E-state index is 0. The van der Waals surface area contributed by atoms with Crippen LogP contribution in [-0.2, 0) is 20.4 Å². The third-order valence-corrected chi connectivity index (χ3v) is 2.02. The summed E-state index contributed by atoms with van der Waals surface area (Å²) in [7, 11) is 0. The average Bonchev–Trinajstić information content (AvgIpc) is 2.60. The maximum absolute atomic E-state index is 2.16. The van der Waals surface area contributed by atoms with Crippen molar-refractivity contribution in [1.29, 1.82) is 0 Å². The predicted molar refractivity (Wildman–Crippen MR) is 62.8 cm³/mol. The van der Waals surface area contributed by atoms with Crippen molar-refractivity contribution in [3.8, 4) is 0 Å². The first-order chi connectivity index (χ1) is 5.89. The fourth-order valence-electron chi connectivity index (χ4n) is 0.832. The molecule has 75 valence electrons. The second kappa shape index (κ2) is 11.1. The number of halogens is 2. The molecule has 0 aromatic heterocycles. The van der Waals surface area contributed by atoms with E-state index in [1.807, 2.05) is 36.4 Å². The molecule has 0 nitrogen and oxygen atoms in total. The number of rotatable bonds is 0. The fourth-order valence-corrected chi connectivity index (χ4v) is 1.17. The van der Waals surface area contributed by atoms with Crippen LogP contribution in [0.15, 0.2) is 58.5 Å². The van der Waals surface area contributed by atoms with E-state index >= 15 is 0 Å². The van der Waals surface area contributed by atoms with Crippen LogP contribution >= 0.6 is 24.8 Å². The zero-order chi connectivity index (χ0) is 8.65. The third-order valence-electron chi connectivity index (χ3n) is 1.44. The van der Waals surface area contributed by atoms with Crippen molar-refractivity contribution in [2.24, 2.45) is 0 Å². The summed E-state index contributed by atoms with van der Waals surface area (Å²) >= 11 is 2.14. The Morgan fingerprint density at radius 1 is 0.857 bits per heavy atom. The van der Waals surface area contributed by atoms with E-state index < -0.39 is 0 Å². The van der Waals surface area contributed by atoms with Gasteiger partial charge in [0.1, 0.15) is 0 Å². The van der Waals surface area contributed by atoms with Crippen molar-refractivity contribution in [1.82, 2.24) is 0 Å². The van der Waals surface area contributed by atoms with Crippen molar-refractivity contribution in [2.75, 3.05) is 0 Å². The zero-order valence-electron chi connectivity index (χ0n) is 7.72. The average molecular weight is 264 g/mol. The van der Waals surface area contributed by atoms with E-state index in [2.05, 4.69) is 38.7 Å². The van der Waals surface area contributed by atoms with Gasteiger partial charge < -0.3 is 0 Å². The van der Waals surface area contributed by atoms with Gasteiger partial charge in [0, 0.05) is 0 Å². The zero-order valence-corrected chi connectivity index (χ0v) is 10.9. The summed E-state index contributed by atoms with van der Waals surface area (Å²) in [6.07, 6.45) is 7.56. The molecule has 0 N–H and O–H groups in total. The van der Waals surface area contributed by atoms with Crippen LogP contribution in [0.2, 0.25) is 0 Å². The summed E-state index contributed by atoms with van der Waals surface area (Å²) in [5.74, 6) is 0. The van der Waals surface area contributed by atoms with E-state index in [1.165, 1.54) is 10.3 Å². The largest absolute Gasteiger partial charge is 0.0623 e. The number of benzene rings is 1. The number of hydrogen-bond acceptors (Lipinski definition) is 0. The molecule has 0 fully saturated rings. The van der Waals surface area contributed by atoms with Gasteiger partial charge >= 0.3 is 49.0 Å². The molecule has 1 aliphatic rings. The second-order valence-electron chi connectivity index (χ2n) is 2.48. The Morgan fingerprint density at radius 3 is 1.43 bits per heavy atom. The van der Waals surface area contributed by atoms with Gasteiger partial charge in [-0.1, -0.05) is 36.4 Å². The third kappa shape index (κ3) is 8.59. The van der Waals surface area contributed by atoms with E-state index in [0.717, 1.165) is 0 Å². The molecule has 1 aliphatic carbocycles. The Balaban J connectivity index is 0. The maximum atomic E-state index is 2.16. The van der Waals surface area contributed by atoms with Crippen molar-refractivity contribution in [2.45, 2.75) is 6.42 Å². The standard InChI is InChI=1S/C6H6.C5H5.2ClH.Ti/c1-2-4-6-5-3-1;1-2-4-5-3-1;;;/h1-6H;1-3H,4H2;2*1H;. The first-order valence-electron chi connectivity index (χ1n) is 3.97. The quantitative estimate of drug-likeness (QED) is 0.623. The molecule has 1 aromatic rings. The van der Waals surface area contributed by atoms with Crippen LogP contribution in [0.3, 0.4) is 0 Å². The molecule has 0 saturated carbocycles. The SMILES string of the molecule is Cl.Cl.[Ti][C]1=CC=CC1.c1ccccc1. The second-order valence-corrected chi connectivity index (χ2v) is 3.48. The Bertz CT molecular complexity index is 241. The summed E-state index contributed by atoms with van der Waals surface area (Å²) in [4.78, 5) is 0. The molecule has 0 saturated heterocycles. The van der Waals surface area contributed by atoms with Gasteiger partial charge in [-0.3, -0.25) is 0 Å². The normalized spacial score (nSPS) is 11.2. The monoisotopic (exact) mass is 263 g/mol. The Kier molecular flexibility index (Phi) is 13.0. The summed E-state index contributed by atoms with van der Waals surface area (Å²) in [5.41, 5.74) is 0. The van der Waals surface area contributed by atoms with Crippen LogP contribution in [0.1, 0.15) is 6.42 Å². The number of hydrogen-bond donors (Lipinski definition) is 0. The van der Waals surface area contributed by atoms with Gasteiger partial charge in [-0.15, -0.1) is 24.8 Å². The van der Waals surface area contributed by atoms with Gasteiger partial charge in [-0.05, 0) is 0 Å². The Hall–Kier alpha value is -0.00571. The molecule has 0 atom stereocenters. The molecule has 0 radical (unpaired) electrons. The molecular weight excluding hydrogens is 251 g/mol. The van der Waals surface area contributed by atoms with Crippen LogP contribution in [0.25, 0.3) is 0 Å². The van der Waals surface area contributed by atoms with Crippen molar-refractivity contribution in [3.05, 3.63) is 58.5 Å². The molecular formula is C11H13Cl2Ti. The first kappa shape index (κ1) is 16.4. The molecule has 0 bridgehead atoms. The molecule has 0 aliphatic heterocycles. The van der Waals surface area contributed by atoms with Crippen molar-refractivity contribution >= 4 is 24.8 Å². The molecule has 1 aromatic carbocycles. The smallest absolute Gasteiger partial charge is 0.0623 e. The summed E-state index contributed by atoms with van der Waals surface area (Å²) in [6.45, 7) is 0. The first-order valence-corrected chi connectivity index (χ1v) is 4.75. The van der Waals surface area contributed by atoms with Gasteiger partial charge in [0.05, 0.1) is 0 Å². The summed E-state index contributed by atoms with van der Waals surface area (Å²) in [6, 6.07) is 12.0. The van der Waals surface area contributed by atoms with E-state index in [-0.39, 0.29) is 24.8 Å². The molecule has 14 heavy (non-hydrogen) atoms. The topological polar surface area (TPSA) is 0 Å². The van der Waals surface area contributed by atoms with Crippen LogP contribution in [0.5, 0.6) is 0 Å². The van der Waals surface area contributed by atoms with Crippen LogP contribution in [0.4, 0.5) is 0 Å². The fraction of sp³-hybridized carbons (Fsp3) is 0.0909. The van der Waals surface area contributed by atoms with Crippen LogP contribution in [0, 0.1) is 0 Å². The molecule has 0 spiro atoms. The van der Waals surface area contributed by atoms with Gasteiger partial charge in [0.15, 0.2) is 0 Å². The molecule has 3 heteroatoms. The van der Waals surface area contributed by atoms with Gasteiger partial charge in [0.2, 0.25) is 0 Å². The molecule has 0 unspecified atom stereocenters. The Labute approximate surface area is 110 Å². The minimum Gasteiger partial charge on any atom is -0.0623 e. The van der Waals surface area contributed by atoms with Crippen LogP contribution < -0.4 is 0 Å². The van der Waals surface area contributed by atoms with Crippen molar-refractivity contribution in [3.63, 3.8) is 0 Å². The van der Waals surface area contributed by atoms with E-state index in [0.29, 0.717) is 0 Å². The Morgan fingerprint density at radius 2 is 1.29 bits per heavy atom. The molecule has 0 amide bonds. The predicted octanol–water partition coefficient (Wildman–Crippen LogP) is 3.91. The van der Waals surface area contributed by atoms with Crippen LogP contribution in [-0.4, -0.2) is 0 Å². The van der Waals surface area contributed by atoms with Gasteiger partial charge in [0.25, 0.3) is 0 Å². The summed E-state index contributed by atoms with van der Waals surface area (Å²) in [5, 5.41) is 0. The van der Waals surface area contributed by atoms with Gasteiger partial charge in [-0.2, -0.15) is 0 Å². The van der Waals surface area contributed by atoms with Crippen molar-refractivity contribution < 1.29 is 20.4 Å². The van der Waals surface area contributed by atoms with E-state index in [4.69, 9.17) is 0 Å². The molecule has 0 heterocycles. The summed E-state index contributed by atoms with van der Waals surface area (Å²) < 4.78 is 1.47. The maximum Gasteiger partial charge on any atom is -0.0623 e. The molecule has 2 rings (SSSR count). The van der Waals surface area contributed by atoms with E-state index in [9.17, 15) is 0 Å². The van der Waals surface area contributed by atoms with Gasteiger partial charge in [-0.25, -0.2) is 0 Å².